The first-order valence-corrected chi connectivity index (χ1v) is 14.2. The summed E-state index contributed by atoms with van der Waals surface area (Å²) < 4.78 is 0. The number of aliphatic imine (C=N–C) groups is 1. The van der Waals surface area contributed by atoms with Crippen molar-refractivity contribution in [1.82, 2.24) is 30.0 Å². The Balaban J connectivity index is 1.30. The molecule has 0 spiro atoms. The van der Waals surface area contributed by atoms with Gasteiger partial charge in [-0.3, -0.25) is 20.2 Å². The Morgan fingerprint density at radius 3 is 2.03 bits per heavy atom. The van der Waals surface area contributed by atoms with E-state index in [0.29, 0.717) is 11.0 Å². The number of thiocarbonyl (C=S) groups is 1. The minimum absolute atomic E-state index is 0.0993. The molecule has 1 aromatic rings. The second kappa shape index (κ2) is 12.9. The second-order valence-electron chi connectivity index (χ2n) is 10.8. The van der Waals surface area contributed by atoms with Crippen LogP contribution in [0.2, 0.25) is 0 Å². The molecule has 0 bridgehead atoms. The molecule has 38 heavy (non-hydrogen) atoms. The van der Waals surface area contributed by atoms with Crippen LogP contribution in [0.5, 0.6) is 0 Å². The predicted molar refractivity (Wildman–Crippen MR) is 160 cm³/mol. The molecule has 10 heteroatoms. The largest absolute Gasteiger partial charge is 0.369 e. The van der Waals surface area contributed by atoms with Crippen molar-refractivity contribution < 1.29 is 4.79 Å². The second-order valence-corrected chi connectivity index (χ2v) is 11.2. The number of rotatable bonds is 6. The summed E-state index contributed by atoms with van der Waals surface area (Å²) in [4.78, 5) is 28.6. The van der Waals surface area contributed by atoms with Gasteiger partial charge in [0.2, 0.25) is 5.91 Å². The molecule has 0 radical (unpaired) electrons. The van der Waals surface area contributed by atoms with E-state index in [1.165, 1.54) is 5.69 Å². The average Bonchev–Trinajstić information content (AvgIpc) is 2.94. The van der Waals surface area contributed by atoms with Gasteiger partial charge in [-0.05, 0) is 64.9 Å². The highest BCUT2D eigenvalue weighted by molar-refractivity contribution is 7.80. The summed E-state index contributed by atoms with van der Waals surface area (Å²) in [6, 6.07) is 8.58. The quantitative estimate of drug-likeness (QED) is 0.334. The van der Waals surface area contributed by atoms with Crippen LogP contribution in [0.3, 0.4) is 0 Å². The molecule has 4 rings (SSSR count). The number of amides is 1. The molecule has 3 aliphatic heterocycles. The van der Waals surface area contributed by atoms with Gasteiger partial charge in [-0.2, -0.15) is 0 Å². The summed E-state index contributed by atoms with van der Waals surface area (Å²) in [5.41, 5.74) is 7.37. The SMILES string of the molecule is C=N/C(=C(/C)N(C)NC(=S)N1CCC(C(=O)N2CCN(C)CC2)CC1)c1ccc(N2CCN(C)CC2)cc1. The van der Waals surface area contributed by atoms with E-state index in [4.69, 9.17) is 12.2 Å². The molecule has 3 aliphatic rings. The molecule has 1 amide bonds. The molecule has 0 atom stereocenters. The number of piperidine rings is 1. The van der Waals surface area contributed by atoms with Crippen molar-refractivity contribution in [2.24, 2.45) is 10.9 Å². The van der Waals surface area contributed by atoms with E-state index in [2.05, 4.69) is 75.1 Å². The lowest BCUT2D eigenvalue weighted by Gasteiger charge is -2.39. The normalized spacial score (nSPS) is 20.7. The molecule has 0 saturated carbocycles. The van der Waals surface area contributed by atoms with Crippen molar-refractivity contribution >= 4 is 41.3 Å². The first-order chi connectivity index (χ1) is 18.3. The van der Waals surface area contributed by atoms with Crippen molar-refractivity contribution in [2.45, 2.75) is 19.8 Å². The number of benzene rings is 1. The number of hydrogen-bond acceptors (Lipinski definition) is 7. The number of nitrogens with zero attached hydrogens (tertiary/aromatic N) is 7. The lowest BCUT2D eigenvalue weighted by molar-refractivity contribution is -0.138. The van der Waals surface area contributed by atoms with Crippen molar-refractivity contribution in [3.05, 3.63) is 35.5 Å². The summed E-state index contributed by atoms with van der Waals surface area (Å²) in [6.07, 6.45) is 1.68. The van der Waals surface area contributed by atoms with Gasteiger partial charge in [-0.15, -0.1) is 0 Å². The van der Waals surface area contributed by atoms with Crippen LogP contribution in [0.25, 0.3) is 5.70 Å². The van der Waals surface area contributed by atoms with Crippen LogP contribution >= 0.6 is 12.2 Å². The summed E-state index contributed by atoms with van der Waals surface area (Å²) in [7, 11) is 6.24. The van der Waals surface area contributed by atoms with E-state index in [1.54, 1.807) is 0 Å². The third-order valence-electron chi connectivity index (χ3n) is 8.22. The van der Waals surface area contributed by atoms with Crippen LogP contribution in [0, 0.1) is 5.92 Å². The molecule has 9 nitrogen and oxygen atoms in total. The van der Waals surface area contributed by atoms with Gasteiger partial charge in [0.15, 0.2) is 5.11 Å². The van der Waals surface area contributed by atoms with Gasteiger partial charge in [-0.1, -0.05) is 12.1 Å². The Hall–Kier alpha value is -2.69. The monoisotopic (exact) mass is 540 g/mol. The van der Waals surface area contributed by atoms with Crippen LogP contribution in [-0.2, 0) is 4.79 Å². The number of hydrazine groups is 1. The lowest BCUT2D eigenvalue weighted by Crippen LogP contribution is -2.53. The standard InChI is InChI=1S/C28H44N8OS/c1-22(26(29-2)23-6-8-25(9-7-23)34-18-14-31(3)15-19-34)33(5)30-28(38)36-12-10-24(11-13-36)27(37)35-20-16-32(4)17-21-35/h6-9,24H,2,10-21H2,1,3-5H3,(H,30,38)/b26-22-. The highest BCUT2D eigenvalue weighted by Gasteiger charge is 2.30. The summed E-state index contributed by atoms with van der Waals surface area (Å²) in [5.74, 6) is 0.412. The van der Waals surface area contributed by atoms with Crippen LogP contribution in [0.1, 0.15) is 25.3 Å². The zero-order chi connectivity index (χ0) is 27.2. The number of hydrogen-bond donors (Lipinski definition) is 1. The van der Waals surface area contributed by atoms with E-state index >= 15 is 0 Å². The van der Waals surface area contributed by atoms with Gasteiger partial charge < -0.3 is 24.5 Å². The van der Waals surface area contributed by atoms with Crippen LogP contribution in [-0.4, -0.2) is 129 Å². The number of carbonyl (C=O) groups excluding carboxylic acids is 1. The van der Waals surface area contributed by atoms with Gasteiger partial charge >= 0.3 is 0 Å². The number of carbonyl (C=O) groups is 1. The number of likely N-dealkylation sites (N-methyl/N-ethyl adjacent to an activating group) is 2. The molecule has 0 unspecified atom stereocenters. The molecule has 208 valence electrons. The molecule has 0 aromatic heterocycles. The van der Waals surface area contributed by atoms with Gasteiger partial charge in [0, 0.05) is 89.7 Å². The third kappa shape index (κ3) is 6.84. The summed E-state index contributed by atoms with van der Waals surface area (Å²) in [5, 5.41) is 2.59. The first-order valence-electron chi connectivity index (χ1n) is 13.7. The number of likely N-dealkylation sites (tertiary alicyclic amines) is 1. The van der Waals surface area contributed by atoms with E-state index in [9.17, 15) is 4.79 Å². The number of piperazine rings is 2. The Morgan fingerprint density at radius 1 is 0.921 bits per heavy atom. The van der Waals surface area contributed by atoms with E-state index < -0.39 is 0 Å². The van der Waals surface area contributed by atoms with Gasteiger partial charge in [0.25, 0.3) is 0 Å². The van der Waals surface area contributed by atoms with Crippen molar-refractivity contribution in [3.63, 3.8) is 0 Å². The fraction of sp³-hybridized carbons (Fsp3) is 0.607. The average molecular weight is 541 g/mol. The minimum atomic E-state index is 0.0993. The van der Waals surface area contributed by atoms with E-state index in [0.717, 1.165) is 95.2 Å². The highest BCUT2D eigenvalue weighted by Crippen LogP contribution is 2.25. The predicted octanol–water partition coefficient (Wildman–Crippen LogP) is 2.03. The zero-order valence-corrected chi connectivity index (χ0v) is 24.3. The van der Waals surface area contributed by atoms with Crippen LogP contribution in [0.15, 0.2) is 35.0 Å². The van der Waals surface area contributed by atoms with Crippen molar-refractivity contribution in [3.8, 4) is 0 Å². The van der Waals surface area contributed by atoms with Crippen molar-refractivity contribution in [2.75, 3.05) is 91.5 Å². The molecular formula is C28H44N8OS. The smallest absolute Gasteiger partial charge is 0.225 e. The van der Waals surface area contributed by atoms with E-state index in [-0.39, 0.29) is 5.92 Å². The van der Waals surface area contributed by atoms with Gasteiger partial charge in [-0.25, -0.2) is 0 Å². The van der Waals surface area contributed by atoms with Gasteiger partial charge in [0.05, 0.1) is 11.4 Å². The highest BCUT2D eigenvalue weighted by atomic mass is 32.1. The maximum atomic E-state index is 13.0. The van der Waals surface area contributed by atoms with E-state index in [1.807, 2.05) is 23.9 Å². The zero-order valence-electron chi connectivity index (χ0n) is 23.5. The summed E-state index contributed by atoms with van der Waals surface area (Å²) in [6.45, 7) is 15.3. The maximum Gasteiger partial charge on any atom is 0.225 e. The number of anilines is 1. The molecular weight excluding hydrogens is 496 g/mol. The molecule has 3 saturated heterocycles. The molecule has 3 heterocycles. The Labute approximate surface area is 233 Å². The third-order valence-corrected chi connectivity index (χ3v) is 8.57. The molecule has 3 fully saturated rings. The fourth-order valence-corrected chi connectivity index (χ4v) is 5.70. The molecule has 0 aliphatic carbocycles. The fourth-order valence-electron chi connectivity index (χ4n) is 5.38. The van der Waals surface area contributed by atoms with Crippen LogP contribution < -0.4 is 10.3 Å². The van der Waals surface area contributed by atoms with Crippen molar-refractivity contribution in [1.29, 1.82) is 0 Å². The Bertz CT molecular complexity index is 1000. The topological polar surface area (TPSA) is 60.9 Å². The Kier molecular flexibility index (Phi) is 9.62. The van der Waals surface area contributed by atoms with Gasteiger partial charge in [0.1, 0.15) is 0 Å². The first kappa shape index (κ1) is 28.3. The summed E-state index contributed by atoms with van der Waals surface area (Å²) >= 11 is 5.74. The molecule has 1 aromatic carbocycles. The Morgan fingerprint density at radius 2 is 1.47 bits per heavy atom. The maximum absolute atomic E-state index is 13.0. The molecule has 1 N–H and O–H groups in total. The minimum Gasteiger partial charge on any atom is -0.369 e. The number of allylic oxidation sites excluding steroid dienone is 1. The van der Waals surface area contributed by atoms with Crippen LogP contribution in [0.4, 0.5) is 5.69 Å². The number of nitrogens with one attached hydrogen (secondary N) is 1. The lowest BCUT2D eigenvalue weighted by atomic mass is 9.95.